The smallest absolute Gasteiger partial charge is 0.306 e. The van der Waals surface area contributed by atoms with Crippen molar-refractivity contribution in [3.05, 3.63) is 16.1 Å². The van der Waals surface area contributed by atoms with Gasteiger partial charge in [0, 0.05) is 2330 Å². The molecular weight excluding hydrogens is 9970 g/mol. The van der Waals surface area contributed by atoms with Crippen LogP contribution >= 0.6 is 11.3 Å². The van der Waals surface area contributed by atoms with Crippen LogP contribution in [0.5, 0.6) is 0 Å². The van der Waals surface area contributed by atoms with Gasteiger partial charge in [-0.15, -0.1) is 11.3 Å². The van der Waals surface area contributed by atoms with Gasteiger partial charge in [-0.25, -0.2) is 4.98 Å². The number of hydrogen-bond donors (Lipinski definition) is 2. The van der Waals surface area contributed by atoms with Crippen LogP contribution in [0.1, 0.15) is 114 Å². The number of likely N-dealkylation sites (tertiary alicyclic amines) is 1. The fraction of sp³-hybridized carbons (Fsp3) is 0.758. The number of piperidine rings is 1. The van der Waals surface area contributed by atoms with Crippen LogP contribution in [0.3, 0.4) is 0 Å². The second-order valence-corrected chi connectivity index (χ2v) is 14.4. The summed E-state index contributed by atoms with van der Waals surface area (Å²) in [6.45, 7) is 10.2. The van der Waals surface area contributed by atoms with Gasteiger partial charge < -0.3 is 20.1 Å². The molecule has 1 aromatic rings. The summed E-state index contributed by atoms with van der Waals surface area (Å²) in [5.41, 5.74) is 0.212. The third kappa shape index (κ3) is 221. The molecule has 2 heterocycles. The minimum absolute atomic E-state index is 0. The molecule has 2 amide bonds. The molecule has 71 heteroatoms. The molecule has 0 aromatic carbocycles. The van der Waals surface area contributed by atoms with E-state index in [1.807, 2.05) is 34.7 Å². The summed E-state index contributed by atoms with van der Waals surface area (Å²) >= 11 is 1.22. The molecule has 11 nitrogen and oxygen atoms in total. The van der Waals surface area contributed by atoms with Gasteiger partial charge in [-0.1, -0.05) is 34.1 Å². The first-order valence-electron chi connectivity index (χ1n) is 16.3. The number of ether oxygens (including phenoxy) is 1. The van der Waals surface area contributed by atoms with Crippen molar-refractivity contribution in [2.75, 3.05) is 20.6 Å². The molecule has 1 aliphatic heterocycles. The van der Waals surface area contributed by atoms with Crippen LogP contribution in [-0.2, 0) is 23.9 Å². The van der Waals surface area contributed by atoms with Gasteiger partial charge in [0.05, 0.1) is 12.0 Å². The number of ketones is 1. The van der Waals surface area contributed by atoms with E-state index in [-0.39, 0.29) is 2350 Å². The molecule has 2 N–H and O–H groups in total. The van der Waals surface area contributed by atoms with Crippen LogP contribution in [0.25, 0.3) is 0 Å². The van der Waals surface area contributed by atoms with Crippen LogP contribution in [-0.4, -0.2) is 88.2 Å². The molecule has 1 saturated heterocycles. The van der Waals surface area contributed by atoms with E-state index in [2.05, 4.69) is 15.2 Å². The summed E-state index contributed by atoms with van der Waals surface area (Å²) in [6.07, 6.45) is 4.85. The van der Waals surface area contributed by atoms with E-state index in [4.69, 9.17) is 4.74 Å². The molecule has 4 atom stereocenters. The monoisotopic (exact) mass is 10000 g/mol. The number of thiazole rings is 1. The van der Waals surface area contributed by atoms with E-state index < -0.39 is 24.0 Å². The molecule has 0 spiro atoms. The minimum atomic E-state index is -0.798. The Hall–Kier alpha value is 73.0. The average Bonchev–Trinajstić information content (AvgIpc) is 3.48. The number of esters is 1. The minimum Gasteiger partial charge on any atom is -0.481 e. The van der Waals surface area contributed by atoms with Crippen molar-refractivity contribution in [3.63, 3.8) is 0 Å². The van der Waals surface area contributed by atoms with E-state index in [0.717, 1.165) is 25.8 Å². The van der Waals surface area contributed by atoms with Gasteiger partial charge in [-0.05, 0) is 64.0 Å². The molecule has 0 unspecified atom stereocenters. The first-order valence-corrected chi connectivity index (χ1v) is 17.2. The number of rotatable bonds is 14. The van der Waals surface area contributed by atoms with Gasteiger partial charge in [0.2, 0.25) is 5.91 Å². The average molecular weight is 10000 g/mol. The molecule has 783 valence electrons. The number of Topliss-reactive ketones (excluding diaryl/α,β-unsaturated/α-hetero) is 1. The molecule has 1 aliphatic carbocycles. The van der Waals surface area contributed by atoms with Gasteiger partial charge >= 0.3 is 11.9 Å². The summed E-state index contributed by atoms with van der Waals surface area (Å²) in [7, 11) is 3.73. The summed E-state index contributed by atoms with van der Waals surface area (Å²) in [6, 6.07) is -0.587. The summed E-state index contributed by atoms with van der Waals surface area (Å²) in [5.74, 6) is -2.49. The van der Waals surface area contributed by atoms with Gasteiger partial charge in [0.1, 0.15) is 10.7 Å². The standard InChI is InChI=1S/C33H52N4O7S.59Tb/c1-19(2)24(16-28(39)26-10-8-9-15-36(26)6)32(41)37(7)27(20(3)4)17-29(44-21(5)38)31-35-25(18-45-31)30(40)34-23-13-11-22(12-14-23)33(42)43;;;;;;;;;;;;;;;;;;;;;;;;;;;;;;;;;;;;;;;;;;;;;;;;;;;;;;;;;;;/h18-20,22-24,26-27,29H,8-17H2,1-7H3,(H,34,40)(H,42,43);;;;;;;;;;;;;;;;;;;;;;;;;;;;;;;;;;;;;;;;;;;;;;;;;;;;;;;;;;;/t22?,23?,24-,26+,27+,29+;;;;;;;;;;;;;;;;;;;;;;;;;;;;;;;;;;;;;;;;;;;;;;;;;;;;;;;;;;;/m0.........................................................../s1. The maximum atomic E-state index is 14.0. The second kappa shape index (κ2) is 279. The van der Waals surface area contributed by atoms with Crippen molar-refractivity contribution in [1.82, 2.24) is 20.1 Å². The van der Waals surface area contributed by atoms with E-state index >= 15 is 0 Å². The van der Waals surface area contributed by atoms with Crippen molar-refractivity contribution < 1.29 is 2310 Å². The van der Waals surface area contributed by atoms with Crippen LogP contribution in [0.15, 0.2) is 5.38 Å². The van der Waals surface area contributed by atoms with E-state index in [1.165, 1.54) is 18.3 Å². The maximum Gasteiger partial charge on any atom is 0.306 e. The van der Waals surface area contributed by atoms with Crippen LogP contribution in [0.2, 0.25) is 0 Å². The number of nitrogens with zero attached hydrogens (tertiary/aromatic N) is 3. The van der Waals surface area contributed by atoms with Crippen molar-refractivity contribution in [2.24, 2.45) is 23.7 Å². The van der Waals surface area contributed by atoms with Gasteiger partial charge in [-0.2, -0.15) is 0 Å². The fourth-order valence-electron chi connectivity index (χ4n) is 6.65. The van der Waals surface area contributed by atoms with Crippen molar-refractivity contribution in [2.45, 2.75) is 117 Å². The first kappa shape index (κ1) is 381. The Morgan fingerprint density at radius 1 is 0.471 bits per heavy atom. The van der Waals surface area contributed by atoms with Gasteiger partial charge in [0.25, 0.3) is 5.91 Å². The Labute approximate surface area is 2450 Å². The number of nitrogens with one attached hydrogen (secondary N) is 1. The summed E-state index contributed by atoms with van der Waals surface area (Å²) in [5, 5.41) is 14.3. The molecule has 104 heavy (non-hydrogen) atoms. The zero-order valence-electron chi connectivity index (χ0n) is 47.6. The largest absolute Gasteiger partial charge is 0.481 e. The number of amides is 2. The molecule has 3 rings (SSSR count). The quantitative estimate of drug-likeness (QED) is 0.253. The van der Waals surface area contributed by atoms with E-state index in [1.54, 1.807) is 17.3 Å². The molecule has 2 fully saturated rings. The van der Waals surface area contributed by atoms with Crippen LogP contribution in [0, 0.1) is 2300 Å². The number of aliphatic carboxylic acids is 1. The number of likely N-dealkylation sites (N-methyl/N-ethyl adjacent to an activating group) is 1. The van der Waals surface area contributed by atoms with Crippen molar-refractivity contribution in [1.29, 1.82) is 0 Å². The number of carbonyl (C=O) groups excluding carboxylic acids is 4. The predicted molar refractivity (Wildman–Crippen MR) is 172 cm³/mol. The summed E-state index contributed by atoms with van der Waals surface area (Å²) < 4.78 is 5.71. The molecule has 0 bridgehead atoms. The number of carbonyl (C=O) groups is 5. The van der Waals surface area contributed by atoms with Crippen LogP contribution < -0.4 is 5.32 Å². The SMILES string of the molecule is CC(=O)O[C@H](C[C@H](C(C)C)N(C)C(=O)[C@@H](CC(=O)[C@H]1CCCCN1C)C(C)C)c1nc(C(=O)NC2CCC(C(=O)O)CC2)cs1.[Tb].[Tb].[Tb].[Tb].[Tb].[Tb].[Tb].[Tb].[Tb].[Tb].[Tb].[Tb].[Tb].[Tb].[Tb].[Tb].[Tb].[Tb].[Tb].[Tb].[Tb].[Tb].[Tb].[Tb].[Tb].[Tb].[Tb].[Tb].[Tb].[Tb].[Tb].[Tb].[Tb].[Tb].[Tb].[Tb].[Tb].[Tb].[Tb].[Tb].[Tb].[Tb].[Tb].[Tb].[Tb].[Tb].[Tb].[Tb].[Tb].[Tb].[Tb].[Tb].[Tb].[Tb].[Tb].[Tb].[Tb].[Tb].[Tb]. The number of hydrogen-bond acceptors (Lipinski definition) is 9. The zero-order valence-corrected chi connectivity index (χ0v) is 175. The topological polar surface area (TPSA) is 146 Å². The Morgan fingerprint density at radius 3 is 1.00 bits per heavy atom. The van der Waals surface area contributed by atoms with Gasteiger partial charge in [0.15, 0.2) is 11.9 Å². The summed E-state index contributed by atoms with van der Waals surface area (Å²) in [4.78, 5) is 72.1. The van der Waals surface area contributed by atoms with Crippen molar-refractivity contribution in [3.8, 4) is 0 Å². The molecule has 1 aromatic heterocycles. The number of carboxylic acid groups (broad SMARTS) is 1. The molecule has 2 aliphatic rings. The third-order valence-electron chi connectivity index (χ3n) is 9.51. The Morgan fingerprint density at radius 2 is 0.760 bits per heavy atom. The molecular formula is C33H52N4O7STb59. The number of carboxylic acids is 1. The van der Waals surface area contributed by atoms with Gasteiger partial charge in [-0.3, -0.25) is 28.9 Å². The maximum absolute atomic E-state index is 14.0. The fourth-order valence-corrected chi connectivity index (χ4v) is 7.49. The third-order valence-corrected chi connectivity index (χ3v) is 10.4. The Kier molecular flexibility index (Phi) is 1020. The van der Waals surface area contributed by atoms with E-state index in [0.29, 0.717) is 30.7 Å². The normalized spacial score (nSPS) is 9.88. The first-order chi connectivity index (χ1) is 21.2. The van der Waals surface area contributed by atoms with Crippen molar-refractivity contribution >= 4 is 40.9 Å². The predicted octanol–water partition coefficient (Wildman–Crippen LogP) is 4.71. The Bertz CT molecular complexity index is 1300. The van der Waals surface area contributed by atoms with Crippen LogP contribution in [0.4, 0.5) is 0 Å². The Balaban J connectivity index is -0.00000000681. The number of aromatic nitrogens is 1. The molecule has 59 radical (unpaired) electrons. The molecule has 1 saturated carbocycles. The second-order valence-electron chi connectivity index (χ2n) is 13.5. The van der Waals surface area contributed by atoms with E-state index in [9.17, 15) is 29.1 Å². The zero-order chi connectivity index (χ0) is 33.4.